The lowest BCUT2D eigenvalue weighted by Crippen LogP contribution is -2.35. The summed E-state index contributed by atoms with van der Waals surface area (Å²) >= 11 is 11.5. The largest absolute Gasteiger partial charge is 0.778 e. The fourth-order valence-electron chi connectivity index (χ4n) is 4.20. The third kappa shape index (κ3) is 20.5. The molecule has 3 N–H and O–H groups in total. The lowest BCUT2D eigenvalue weighted by Gasteiger charge is -2.26. The second-order valence-electron chi connectivity index (χ2n) is 11.4. The van der Waals surface area contributed by atoms with Gasteiger partial charge in [0.25, 0.3) is 0 Å². The molecule has 21 heteroatoms. The molecular weight excluding hydrogens is 829 g/mol. The number of aliphatic carboxylic acids is 1. The summed E-state index contributed by atoms with van der Waals surface area (Å²) in [7, 11) is -2.13. The van der Waals surface area contributed by atoms with Crippen molar-refractivity contribution in [3.05, 3.63) is 86.4 Å². The van der Waals surface area contributed by atoms with Crippen molar-refractivity contribution in [3.8, 4) is 17.2 Å². The van der Waals surface area contributed by atoms with Gasteiger partial charge in [-0.15, -0.1) is 11.6 Å². The van der Waals surface area contributed by atoms with Crippen LogP contribution < -0.4 is 24.6 Å². The standard InChI is InChI=1S/C15H11ClF3NO4.C14H20ClNO2.C3H8NO5P.C3H9S/c1-2-23-14-8-10(4-5-12(14)20(21)22)24-13-6-3-9(7-11(13)16)15(17,18)19;1-4-11-7-6-8-12(5-2)14(11)16(10-18-3)13(17)9-15;5-3(6)1-4-2-10(7,8)9;1-4(2)3/h3-8H,2H2,1H3;6-8H,4-5,9-10H2,1-3H3;4H,1-2H2,(H,5,6)(H2,7,8,9);1-3H3/q;;;+1/p-1. The third-order valence-corrected chi connectivity index (χ3v) is 7.56. The van der Waals surface area contributed by atoms with E-state index in [0.29, 0.717) is 10.9 Å². The normalized spacial score (nSPS) is 11.7. The van der Waals surface area contributed by atoms with Crippen molar-refractivity contribution in [2.75, 3.05) is 62.8 Å². The minimum Gasteiger partial charge on any atom is -0.778 e. The van der Waals surface area contributed by atoms with Crippen LogP contribution in [0.5, 0.6) is 17.2 Å². The number of nitro benzene ring substituents is 1. The van der Waals surface area contributed by atoms with Gasteiger partial charge in [-0.25, -0.2) is 0 Å². The number of anilines is 1. The summed E-state index contributed by atoms with van der Waals surface area (Å²) in [6.45, 7) is 5.76. The van der Waals surface area contributed by atoms with Crippen molar-refractivity contribution >= 4 is 64.9 Å². The number of carbonyl (C=O) groups is 2. The number of ether oxygens (including phenoxy) is 3. The highest BCUT2D eigenvalue weighted by atomic mass is 35.5. The van der Waals surface area contributed by atoms with Gasteiger partial charge in [0, 0.05) is 19.2 Å². The van der Waals surface area contributed by atoms with Gasteiger partial charge in [0.05, 0.1) is 59.4 Å². The number of methoxy groups -OCH3 is 1. The molecule has 0 spiro atoms. The first-order chi connectivity index (χ1) is 26.1. The zero-order valence-electron chi connectivity index (χ0n) is 31.9. The molecule has 0 aliphatic rings. The summed E-state index contributed by atoms with van der Waals surface area (Å²) in [6, 6.07) is 12.5. The molecule has 1 unspecified atom stereocenters. The molecule has 0 aromatic heterocycles. The quantitative estimate of drug-likeness (QED) is 0.0350. The number of carboxylic acids is 1. The molecule has 14 nitrogen and oxygen atoms in total. The number of alkyl halides is 4. The number of hydrogen-bond donors (Lipinski definition) is 3. The summed E-state index contributed by atoms with van der Waals surface area (Å²) < 4.78 is 63.4. The Morgan fingerprint density at radius 3 is 2.00 bits per heavy atom. The molecule has 3 aromatic rings. The maximum Gasteiger partial charge on any atom is 0.416 e. The monoisotopic (exact) mass is 875 g/mol. The first-order valence-corrected chi connectivity index (χ1v) is 21.5. The van der Waals surface area contributed by atoms with Crippen molar-refractivity contribution in [1.29, 1.82) is 0 Å². The average Bonchev–Trinajstić information content (AvgIpc) is 3.10. The van der Waals surface area contributed by atoms with Crippen LogP contribution in [0.3, 0.4) is 0 Å². The van der Waals surface area contributed by atoms with Gasteiger partial charge in [0.2, 0.25) is 11.7 Å². The van der Waals surface area contributed by atoms with E-state index in [0.717, 1.165) is 47.9 Å². The number of amides is 1. The number of carbonyl (C=O) groups excluding carboxylic acids is 1. The molecule has 0 aliphatic carbocycles. The van der Waals surface area contributed by atoms with E-state index in [4.69, 9.17) is 47.4 Å². The van der Waals surface area contributed by atoms with E-state index in [1.807, 2.05) is 23.5 Å². The fourth-order valence-corrected chi connectivity index (χ4v) is 4.95. The predicted molar refractivity (Wildman–Crippen MR) is 212 cm³/mol. The minimum absolute atomic E-state index is 0.0111. The van der Waals surface area contributed by atoms with E-state index >= 15 is 0 Å². The van der Waals surface area contributed by atoms with Gasteiger partial charge >= 0.3 is 17.8 Å². The van der Waals surface area contributed by atoms with Gasteiger partial charge in [0.15, 0.2) is 0 Å². The van der Waals surface area contributed by atoms with E-state index < -0.39 is 43.1 Å². The molecule has 0 bridgehead atoms. The number of nitrogens with zero attached hydrogens (tertiary/aromatic N) is 2. The second kappa shape index (κ2) is 26.3. The number of halogens is 5. The molecule has 1 atom stereocenters. The third-order valence-electron chi connectivity index (χ3n) is 6.41. The Morgan fingerprint density at radius 2 is 1.59 bits per heavy atom. The highest BCUT2D eigenvalue weighted by Crippen LogP contribution is 2.38. The number of nitro groups is 1. The molecule has 314 valence electrons. The molecule has 0 radical (unpaired) electrons. The Kier molecular flexibility index (Phi) is 24.6. The van der Waals surface area contributed by atoms with Gasteiger partial charge in [0.1, 0.15) is 31.7 Å². The number of carboxylic acid groups (broad SMARTS) is 1. The van der Waals surface area contributed by atoms with Crippen LogP contribution in [0.15, 0.2) is 54.6 Å². The SMILES string of the molecule is CCOc1cc(Oc2ccc(C(F)(F)F)cc2Cl)ccc1[N+](=O)[O-].CCc1cccc(CC)c1N(COC)C(=O)CCl.C[S+](C)C.O=C(O)CNCP(=O)([O-])O. The number of aryl methyl sites for hydroxylation is 2. The molecule has 0 saturated carbocycles. The number of hydrogen-bond acceptors (Lipinski definition) is 10. The van der Waals surface area contributed by atoms with E-state index in [9.17, 15) is 42.3 Å². The first-order valence-electron chi connectivity index (χ1n) is 16.4. The van der Waals surface area contributed by atoms with Gasteiger partial charge in [-0.1, -0.05) is 43.6 Å². The second-order valence-corrected chi connectivity index (χ2v) is 16.1. The smallest absolute Gasteiger partial charge is 0.416 e. The Balaban J connectivity index is 0.000000830. The molecule has 56 heavy (non-hydrogen) atoms. The van der Waals surface area contributed by atoms with Crippen molar-refractivity contribution in [2.45, 2.75) is 39.8 Å². The summed E-state index contributed by atoms with van der Waals surface area (Å²) in [4.78, 5) is 51.6. The van der Waals surface area contributed by atoms with Crippen LogP contribution in [0.25, 0.3) is 0 Å². The van der Waals surface area contributed by atoms with Gasteiger partial charge in [-0.3, -0.25) is 29.9 Å². The van der Waals surface area contributed by atoms with E-state index in [-0.39, 0.29) is 53.1 Å². The Bertz CT molecular complexity index is 1730. The van der Waals surface area contributed by atoms with Crippen LogP contribution in [-0.2, 0) is 48.8 Å². The van der Waals surface area contributed by atoms with Crippen LogP contribution in [0, 0.1) is 10.1 Å². The average molecular weight is 877 g/mol. The lowest BCUT2D eigenvalue weighted by molar-refractivity contribution is -0.385. The van der Waals surface area contributed by atoms with E-state index in [1.54, 1.807) is 18.9 Å². The summed E-state index contributed by atoms with van der Waals surface area (Å²) in [5, 5.41) is 20.6. The van der Waals surface area contributed by atoms with Crippen molar-refractivity contribution in [1.82, 2.24) is 5.32 Å². The van der Waals surface area contributed by atoms with Crippen LogP contribution in [-0.4, -0.2) is 84.7 Å². The van der Waals surface area contributed by atoms with Crippen molar-refractivity contribution in [3.63, 3.8) is 0 Å². The Labute approximate surface area is 336 Å². The minimum atomic E-state index is -4.52. The van der Waals surface area contributed by atoms with E-state index in [1.165, 1.54) is 18.2 Å². The molecule has 0 fully saturated rings. The van der Waals surface area contributed by atoms with Crippen LogP contribution in [0.1, 0.15) is 37.5 Å². The highest BCUT2D eigenvalue weighted by Gasteiger charge is 2.31. The van der Waals surface area contributed by atoms with Crippen LogP contribution >= 0.6 is 30.8 Å². The number of rotatable bonds is 15. The molecule has 0 saturated heterocycles. The van der Waals surface area contributed by atoms with Gasteiger partial charge in [-0.05, 0) is 66.1 Å². The maximum atomic E-state index is 12.6. The predicted octanol–water partition coefficient (Wildman–Crippen LogP) is 7.10. The molecule has 0 aliphatic heterocycles. The molecular formula is C35H47Cl2F3N3O11PS. The fraction of sp³-hybridized carbons (Fsp3) is 0.429. The topological polar surface area (TPSA) is 201 Å². The van der Waals surface area contributed by atoms with Crippen molar-refractivity contribution in [2.24, 2.45) is 0 Å². The van der Waals surface area contributed by atoms with Gasteiger partial charge in [-0.2, -0.15) is 13.2 Å². The lowest BCUT2D eigenvalue weighted by atomic mass is 10.0. The summed E-state index contributed by atoms with van der Waals surface area (Å²) in [6.07, 6.45) is 3.11. The zero-order valence-corrected chi connectivity index (χ0v) is 35.1. The van der Waals surface area contributed by atoms with E-state index in [2.05, 4.69) is 32.6 Å². The molecule has 3 rings (SSSR count). The molecule has 0 heterocycles. The Morgan fingerprint density at radius 1 is 1.02 bits per heavy atom. The van der Waals surface area contributed by atoms with Gasteiger partial charge < -0.3 is 33.7 Å². The number of nitrogens with one attached hydrogen (secondary N) is 1. The maximum absolute atomic E-state index is 12.6. The Hall–Kier alpha value is -3.61. The highest BCUT2D eigenvalue weighted by molar-refractivity contribution is 7.94. The zero-order chi connectivity index (χ0) is 43.2. The summed E-state index contributed by atoms with van der Waals surface area (Å²) in [5.41, 5.74) is 2.09. The van der Waals surface area contributed by atoms with Crippen LogP contribution in [0.2, 0.25) is 5.02 Å². The molecule has 1 amide bonds. The summed E-state index contributed by atoms with van der Waals surface area (Å²) in [5.74, 6) is -1.22. The van der Waals surface area contributed by atoms with Crippen molar-refractivity contribution < 1.29 is 61.4 Å². The van der Waals surface area contributed by atoms with Crippen LogP contribution in [0.4, 0.5) is 24.5 Å². The number of para-hydroxylation sites is 1. The first kappa shape index (κ1) is 52.4. The number of benzene rings is 3. The molecule has 3 aromatic carbocycles.